The van der Waals surface area contributed by atoms with Crippen molar-refractivity contribution in [1.29, 1.82) is 0 Å². The smallest absolute Gasteiger partial charge is 0.161 e. The molecular formula is C43H58O8. The largest absolute Gasteiger partial charge is 0.508 e. The van der Waals surface area contributed by atoms with Gasteiger partial charge in [-0.2, -0.15) is 0 Å². The second-order valence-electron chi connectivity index (χ2n) is 15.7. The fourth-order valence-corrected chi connectivity index (χ4v) is 8.88. The number of ether oxygens (including phenoxy) is 3. The van der Waals surface area contributed by atoms with Gasteiger partial charge in [-0.05, 0) is 140 Å². The minimum atomic E-state index is -0.841. The van der Waals surface area contributed by atoms with E-state index in [9.17, 15) is 25.5 Å². The van der Waals surface area contributed by atoms with Crippen molar-refractivity contribution in [3.8, 4) is 39.9 Å². The number of methoxy groups -OCH3 is 1. The summed E-state index contributed by atoms with van der Waals surface area (Å²) in [7, 11) is 1.69. The third kappa shape index (κ3) is 8.13. The summed E-state index contributed by atoms with van der Waals surface area (Å²) in [5, 5.41) is 52.9. The highest BCUT2D eigenvalue weighted by molar-refractivity contribution is 5.83. The summed E-state index contributed by atoms with van der Waals surface area (Å²) in [6.45, 7) is 6.87. The van der Waals surface area contributed by atoms with Crippen LogP contribution >= 0.6 is 0 Å². The Labute approximate surface area is 303 Å². The van der Waals surface area contributed by atoms with E-state index in [4.69, 9.17) is 14.2 Å². The standard InChI is InChI=1S/C43H58O8/c1-5-26(9-7-15-44)11-12-28-18-30-20-36(47)31(16-25(2)3)19-33(30)42-40(49-4)23-38-34(41(28)42)22-37(48)43(51-38)29-13-14-35(46)39(21-29)50-32-10-6-8-27(17-32)24-45/h13-14,19-21,23,25-28,32,37,43-48H,5-12,15-18,22,24H2,1-4H3. The molecule has 278 valence electrons. The zero-order valence-corrected chi connectivity index (χ0v) is 30.9. The third-order valence-corrected chi connectivity index (χ3v) is 11.6. The molecule has 3 aromatic carbocycles. The first-order chi connectivity index (χ1) is 24.6. The molecule has 5 N–H and O–H groups in total. The van der Waals surface area contributed by atoms with Crippen LogP contribution in [0.2, 0.25) is 0 Å². The van der Waals surface area contributed by atoms with Gasteiger partial charge in [0.2, 0.25) is 0 Å². The van der Waals surface area contributed by atoms with Gasteiger partial charge >= 0.3 is 0 Å². The molecule has 6 rings (SSSR count). The molecule has 51 heavy (non-hydrogen) atoms. The lowest BCUT2D eigenvalue weighted by molar-refractivity contribution is 0.0198. The molecule has 0 amide bonds. The molecule has 2 aliphatic carbocycles. The van der Waals surface area contributed by atoms with Crippen molar-refractivity contribution in [2.24, 2.45) is 17.8 Å². The van der Waals surface area contributed by atoms with Gasteiger partial charge in [0.05, 0.1) is 19.3 Å². The van der Waals surface area contributed by atoms with Crippen LogP contribution in [0.5, 0.6) is 28.7 Å². The molecule has 1 aliphatic heterocycles. The van der Waals surface area contributed by atoms with Gasteiger partial charge in [0.1, 0.15) is 23.4 Å². The summed E-state index contributed by atoms with van der Waals surface area (Å²) in [4.78, 5) is 0. The van der Waals surface area contributed by atoms with E-state index in [-0.39, 0.29) is 36.9 Å². The second-order valence-corrected chi connectivity index (χ2v) is 15.7. The first-order valence-corrected chi connectivity index (χ1v) is 19.3. The van der Waals surface area contributed by atoms with Crippen LogP contribution in [0, 0.1) is 17.8 Å². The average molecular weight is 703 g/mol. The van der Waals surface area contributed by atoms with Crippen molar-refractivity contribution < 1.29 is 39.7 Å². The number of rotatable bonds is 14. The molecule has 0 spiro atoms. The van der Waals surface area contributed by atoms with Crippen LogP contribution in [0.4, 0.5) is 0 Å². The normalized spacial score (nSPS) is 23.2. The maximum absolute atomic E-state index is 11.8. The Bertz CT molecular complexity index is 1650. The number of fused-ring (bicyclic) bond motifs is 5. The molecule has 0 bridgehead atoms. The number of aromatic hydroxyl groups is 2. The Hall–Kier alpha value is -3.46. The van der Waals surface area contributed by atoms with Gasteiger partial charge in [-0.3, -0.25) is 0 Å². The number of hydrogen-bond donors (Lipinski definition) is 5. The fraction of sp³-hybridized carbons (Fsp3) is 0.581. The number of aliphatic hydroxyl groups is 3. The van der Waals surface area contributed by atoms with E-state index in [1.165, 1.54) is 0 Å². The monoisotopic (exact) mass is 702 g/mol. The SMILES string of the molecule is CCC(CCCO)CCC1Cc2cc(O)c(CC(C)C)cc2-c2c(OC)cc3c(c21)CC(O)C(c1ccc(O)c(OC2CCCC(CO)C2)c1)O3. The number of phenols is 2. The first-order valence-electron chi connectivity index (χ1n) is 19.3. The Morgan fingerprint density at radius 1 is 0.961 bits per heavy atom. The van der Waals surface area contributed by atoms with E-state index in [1.54, 1.807) is 25.3 Å². The Morgan fingerprint density at radius 2 is 1.78 bits per heavy atom. The van der Waals surface area contributed by atoms with E-state index < -0.39 is 12.2 Å². The summed E-state index contributed by atoms with van der Waals surface area (Å²) in [5.74, 6) is 3.37. The van der Waals surface area contributed by atoms with E-state index in [1.807, 2.05) is 12.1 Å². The van der Waals surface area contributed by atoms with Crippen LogP contribution in [0.25, 0.3) is 11.1 Å². The van der Waals surface area contributed by atoms with Crippen molar-refractivity contribution in [3.05, 3.63) is 64.2 Å². The molecule has 1 fully saturated rings. The summed E-state index contributed by atoms with van der Waals surface area (Å²) in [6, 6.07) is 11.2. The topological polar surface area (TPSA) is 129 Å². The van der Waals surface area contributed by atoms with Gasteiger partial charge in [-0.25, -0.2) is 0 Å². The molecule has 6 unspecified atom stereocenters. The Balaban J connectivity index is 1.38. The summed E-state index contributed by atoms with van der Waals surface area (Å²) >= 11 is 0. The number of benzene rings is 3. The molecule has 3 aromatic rings. The summed E-state index contributed by atoms with van der Waals surface area (Å²) in [5.41, 5.74) is 7.01. The van der Waals surface area contributed by atoms with Gasteiger partial charge in [-0.15, -0.1) is 0 Å². The lowest BCUT2D eigenvalue weighted by Gasteiger charge is -2.38. The summed E-state index contributed by atoms with van der Waals surface area (Å²) < 4.78 is 19.1. The van der Waals surface area contributed by atoms with Crippen LogP contribution < -0.4 is 14.2 Å². The van der Waals surface area contributed by atoms with Gasteiger partial charge in [0.25, 0.3) is 0 Å². The molecular weight excluding hydrogens is 644 g/mol. The fourth-order valence-electron chi connectivity index (χ4n) is 8.88. The van der Waals surface area contributed by atoms with Crippen LogP contribution in [0.1, 0.15) is 118 Å². The lowest BCUT2D eigenvalue weighted by atomic mass is 9.71. The highest BCUT2D eigenvalue weighted by Gasteiger charge is 2.39. The molecule has 0 saturated heterocycles. The predicted octanol–water partition coefficient (Wildman–Crippen LogP) is 8.16. The van der Waals surface area contributed by atoms with Crippen LogP contribution in [0.3, 0.4) is 0 Å². The van der Waals surface area contributed by atoms with Crippen LogP contribution in [-0.2, 0) is 19.3 Å². The van der Waals surface area contributed by atoms with Crippen molar-refractivity contribution in [2.45, 2.75) is 122 Å². The van der Waals surface area contributed by atoms with Crippen molar-refractivity contribution in [2.75, 3.05) is 20.3 Å². The van der Waals surface area contributed by atoms with Gasteiger partial charge in [0.15, 0.2) is 11.5 Å². The number of aliphatic hydroxyl groups excluding tert-OH is 3. The molecule has 6 atom stereocenters. The van der Waals surface area contributed by atoms with E-state index in [2.05, 4.69) is 26.8 Å². The Kier molecular flexibility index (Phi) is 12.1. The van der Waals surface area contributed by atoms with E-state index in [0.29, 0.717) is 41.3 Å². The van der Waals surface area contributed by atoms with Crippen LogP contribution in [-0.4, -0.2) is 58.1 Å². The van der Waals surface area contributed by atoms with Crippen molar-refractivity contribution in [1.82, 2.24) is 0 Å². The maximum Gasteiger partial charge on any atom is 0.161 e. The molecule has 1 saturated carbocycles. The number of hydrogen-bond acceptors (Lipinski definition) is 8. The van der Waals surface area contributed by atoms with Crippen molar-refractivity contribution in [3.63, 3.8) is 0 Å². The first kappa shape index (κ1) is 37.3. The minimum absolute atomic E-state index is 0.0417. The van der Waals surface area contributed by atoms with E-state index >= 15 is 0 Å². The zero-order chi connectivity index (χ0) is 36.2. The quantitative estimate of drug-likeness (QED) is 0.114. The van der Waals surface area contributed by atoms with Gasteiger partial charge in [-0.1, -0.05) is 33.3 Å². The van der Waals surface area contributed by atoms with Gasteiger partial charge in [0, 0.05) is 36.8 Å². The predicted molar refractivity (Wildman–Crippen MR) is 199 cm³/mol. The molecule has 1 heterocycles. The van der Waals surface area contributed by atoms with Gasteiger partial charge < -0.3 is 39.7 Å². The summed E-state index contributed by atoms with van der Waals surface area (Å²) in [6.07, 6.45) is 8.66. The van der Waals surface area contributed by atoms with Crippen LogP contribution in [0.15, 0.2) is 36.4 Å². The molecule has 8 nitrogen and oxygen atoms in total. The van der Waals surface area contributed by atoms with Crippen molar-refractivity contribution >= 4 is 0 Å². The molecule has 8 heteroatoms. The highest BCUT2D eigenvalue weighted by Crippen LogP contribution is 2.54. The zero-order valence-electron chi connectivity index (χ0n) is 30.9. The second kappa shape index (κ2) is 16.5. The average Bonchev–Trinajstić information content (AvgIpc) is 3.12. The maximum atomic E-state index is 11.8. The molecule has 0 aromatic heterocycles. The number of phenolic OH excluding ortho intramolecular Hbond substituents is 2. The molecule has 3 aliphatic rings. The van der Waals surface area contributed by atoms with E-state index in [0.717, 1.165) is 110 Å². The molecule has 0 radical (unpaired) electrons. The third-order valence-electron chi connectivity index (χ3n) is 11.6. The highest BCUT2D eigenvalue weighted by atomic mass is 16.5. The lowest BCUT2D eigenvalue weighted by Crippen LogP contribution is -2.32. The Morgan fingerprint density at radius 3 is 2.51 bits per heavy atom. The minimum Gasteiger partial charge on any atom is -0.508 e.